The first kappa shape index (κ1) is 22.8. The number of amides is 1. The lowest BCUT2D eigenvalue weighted by Gasteiger charge is -2.30. The van der Waals surface area contributed by atoms with Crippen molar-refractivity contribution in [2.75, 3.05) is 30.9 Å². The zero-order valence-corrected chi connectivity index (χ0v) is 19.8. The quantitative estimate of drug-likeness (QED) is 0.475. The van der Waals surface area contributed by atoms with Gasteiger partial charge >= 0.3 is 0 Å². The minimum Gasteiger partial charge on any atom is -0.377 e. The second-order valence-electron chi connectivity index (χ2n) is 9.25. The summed E-state index contributed by atoms with van der Waals surface area (Å²) >= 11 is 0. The first-order chi connectivity index (χ1) is 16.0. The SMILES string of the molecule is CC(=Cc1ccccc1)C(=O)NCC1CCC(Nc2cc(N(C)C)c3ccccc3n2)CC1. The minimum absolute atomic E-state index is 0.0238. The van der Waals surface area contributed by atoms with Crippen LogP contribution >= 0.6 is 0 Å². The number of nitrogens with one attached hydrogen (secondary N) is 2. The van der Waals surface area contributed by atoms with Crippen LogP contribution in [-0.2, 0) is 4.79 Å². The third-order valence-electron chi connectivity index (χ3n) is 6.47. The van der Waals surface area contributed by atoms with Gasteiger partial charge in [-0.15, -0.1) is 0 Å². The number of benzene rings is 2. The largest absolute Gasteiger partial charge is 0.377 e. The van der Waals surface area contributed by atoms with Crippen molar-refractivity contribution in [3.63, 3.8) is 0 Å². The number of aromatic nitrogens is 1. The zero-order valence-electron chi connectivity index (χ0n) is 19.8. The van der Waals surface area contributed by atoms with Crippen molar-refractivity contribution in [2.24, 2.45) is 5.92 Å². The van der Waals surface area contributed by atoms with E-state index in [1.165, 1.54) is 11.1 Å². The molecule has 0 spiro atoms. The fourth-order valence-corrected chi connectivity index (χ4v) is 4.56. The second-order valence-corrected chi connectivity index (χ2v) is 9.25. The predicted molar refractivity (Wildman–Crippen MR) is 139 cm³/mol. The molecule has 0 radical (unpaired) electrons. The Morgan fingerprint density at radius 2 is 1.73 bits per heavy atom. The monoisotopic (exact) mass is 442 g/mol. The third-order valence-corrected chi connectivity index (χ3v) is 6.47. The Kier molecular flexibility index (Phi) is 7.28. The van der Waals surface area contributed by atoms with Crippen LogP contribution in [0.15, 0.2) is 66.2 Å². The number of anilines is 2. The molecular weight excluding hydrogens is 408 g/mol. The van der Waals surface area contributed by atoms with Crippen molar-refractivity contribution >= 4 is 34.4 Å². The molecule has 1 aliphatic rings. The summed E-state index contributed by atoms with van der Waals surface area (Å²) in [6.45, 7) is 2.62. The first-order valence-electron chi connectivity index (χ1n) is 11.8. The van der Waals surface area contributed by atoms with Crippen molar-refractivity contribution in [2.45, 2.75) is 38.6 Å². The summed E-state index contributed by atoms with van der Waals surface area (Å²) in [5, 5.41) is 7.97. The summed E-state index contributed by atoms with van der Waals surface area (Å²) in [5.41, 5.74) is 3.99. The molecule has 1 amide bonds. The Hall–Kier alpha value is -3.34. The van der Waals surface area contributed by atoms with Gasteiger partial charge in [-0.2, -0.15) is 0 Å². The molecule has 1 saturated carbocycles. The Labute approximate surface area is 196 Å². The molecular formula is C28H34N4O. The first-order valence-corrected chi connectivity index (χ1v) is 11.8. The van der Waals surface area contributed by atoms with Crippen LogP contribution in [0.3, 0.4) is 0 Å². The number of hydrogen-bond donors (Lipinski definition) is 2. The van der Waals surface area contributed by atoms with Crippen molar-refractivity contribution in [3.8, 4) is 0 Å². The molecule has 0 aliphatic heterocycles. The molecule has 0 saturated heterocycles. The van der Waals surface area contributed by atoms with Crippen LogP contribution in [-0.4, -0.2) is 37.6 Å². The van der Waals surface area contributed by atoms with Gasteiger partial charge in [0.05, 0.1) is 5.52 Å². The van der Waals surface area contributed by atoms with Crippen LogP contribution in [0, 0.1) is 5.92 Å². The van der Waals surface area contributed by atoms with E-state index in [-0.39, 0.29) is 5.91 Å². The number of nitrogens with zero attached hydrogens (tertiary/aromatic N) is 2. The number of carbonyl (C=O) groups is 1. The van der Waals surface area contributed by atoms with E-state index in [4.69, 9.17) is 4.98 Å². The molecule has 1 aromatic heterocycles. The van der Waals surface area contributed by atoms with Gasteiger partial charge in [0.15, 0.2) is 0 Å². The van der Waals surface area contributed by atoms with E-state index >= 15 is 0 Å². The molecule has 2 N–H and O–H groups in total. The van der Waals surface area contributed by atoms with Crippen LogP contribution in [0.4, 0.5) is 11.5 Å². The maximum atomic E-state index is 12.5. The maximum Gasteiger partial charge on any atom is 0.246 e. The molecule has 172 valence electrons. The molecule has 2 aromatic carbocycles. The topological polar surface area (TPSA) is 57.3 Å². The van der Waals surface area contributed by atoms with Crippen LogP contribution in [0.1, 0.15) is 38.2 Å². The minimum atomic E-state index is 0.0238. The van der Waals surface area contributed by atoms with Gasteiger partial charge in [0, 0.05) is 49.4 Å². The standard InChI is InChI=1S/C28H34N4O/c1-20(17-21-9-5-4-6-10-21)28(33)29-19-22-13-15-23(16-14-22)30-27-18-26(32(2)3)24-11-7-8-12-25(24)31-27/h4-12,17-18,22-23H,13-16,19H2,1-3H3,(H,29,33)(H,30,31). The predicted octanol–water partition coefficient (Wildman–Crippen LogP) is 5.49. The molecule has 0 atom stereocenters. The smallest absolute Gasteiger partial charge is 0.246 e. The Morgan fingerprint density at radius 1 is 1.03 bits per heavy atom. The van der Waals surface area contributed by atoms with E-state index in [0.717, 1.165) is 54.7 Å². The van der Waals surface area contributed by atoms with E-state index in [2.05, 4.69) is 53.9 Å². The Bertz CT molecular complexity index is 1120. The average molecular weight is 443 g/mol. The highest BCUT2D eigenvalue weighted by molar-refractivity contribution is 5.97. The molecule has 0 bridgehead atoms. The Balaban J connectivity index is 1.29. The normalized spacial score (nSPS) is 18.7. The average Bonchev–Trinajstić information content (AvgIpc) is 2.83. The fourth-order valence-electron chi connectivity index (χ4n) is 4.56. The van der Waals surface area contributed by atoms with Crippen LogP contribution in [0.2, 0.25) is 0 Å². The number of rotatable bonds is 7. The van der Waals surface area contributed by atoms with Crippen molar-refractivity contribution < 1.29 is 4.79 Å². The van der Waals surface area contributed by atoms with E-state index in [1.807, 2.05) is 49.4 Å². The molecule has 5 heteroatoms. The zero-order chi connectivity index (χ0) is 23.2. The maximum absolute atomic E-state index is 12.5. The van der Waals surface area contributed by atoms with Gasteiger partial charge in [-0.05, 0) is 56.2 Å². The molecule has 4 rings (SSSR count). The Morgan fingerprint density at radius 3 is 2.45 bits per heavy atom. The van der Waals surface area contributed by atoms with Crippen molar-refractivity contribution in [3.05, 3.63) is 71.8 Å². The summed E-state index contributed by atoms with van der Waals surface area (Å²) < 4.78 is 0. The lowest BCUT2D eigenvalue weighted by Crippen LogP contribution is -2.34. The third kappa shape index (κ3) is 5.92. The summed E-state index contributed by atoms with van der Waals surface area (Å²) in [7, 11) is 4.14. The van der Waals surface area contributed by atoms with Gasteiger partial charge in [-0.3, -0.25) is 4.79 Å². The van der Waals surface area contributed by atoms with Gasteiger partial charge in [0.1, 0.15) is 5.82 Å². The van der Waals surface area contributed by atoms with Gasteiger partial charge in [0.25, 0.3) is 0 Å². The number of fused-ring (bicyclic) bond motifs is 1. The fraction of sp³-hybridized carbons (Fsp3) is 0.357. The molecule has 1 fully saturated rings. The highest BCUT2D eigenvalue weighted by Gasteiger charge is 2.22. The molecule has 0 unspecified atom stereocenters. The summed E-state index contributed by atoms with van der Waals surface area (Å²) in [4.78, 5) is 19.5. The van der Waals surface area contributed by atoms with Crippen LogP contribution in [0.5, 0.6) is 0 Å². The lowest BCUT2D eigenvalue weighted by atomic mass is 9.86. The number of para-hydroxylation sites is 1. The molecule has 5 nitrogen and oxygen atoms in total. The van der Waals surface area contributed by atoms with E-state index in [9.17, 15) is 4.79 Å². The van der Waals surface area contributed by atoms with Gasteiger partial charge in [-0.1, -0.05) is 48.5 Å². The summed E-state index contributed by atoms with van der Waals surface area (Å²) in [6.07, 6.45) is 6.33. The molecule has 1 aliphatic carbocycles. The molecule has 33 heavy (non-hydrogen) atoms. The van der Waals surface area contributed by atoms with E-state index in [1.54, 1.807) is 0 Å². The van der Waals surface area contributed by atoms with Crippen molar-refractivity contribution in [1.29, 1.82) is 0 Å². The number of hydrogen-bond acceptors (Lipinski definition) is 4. The molecule has 3 aromatic rings. The summed E-state index contributed by atoms with van der Waals surface area (Å²) in [5.74, 6) is 1.49. The van der Waals surface area contributed by atoms with Crippen LogP contribution in [0.25, 0.3) is 17.0 Å². The second kappa shape index (κ2) is 10.5. The molecule has 1 heterocycles. The van der Waals surface area contributed by atoms with Gasteiger partial charge < -0.3 is 15.5 Å². The van der Waals surface area contributed by atoms with Crippen LogP contribution < -0.4 is 15.5 Å². The van der Waals surface area contributed by atoms with Crippen molar-refractivity contribution in [1.82, 2.24) is 10.3 Å². The highest BCUT2D eigenvalue weighted by atomic mass is 16.1. The lowest BCUT2D eigenvalue weighted by molar-refractivity contribution is -0.117. The summed E-state index contributed by atoms with van der Waals surface area (Å²) in [6, 6.07) is 20.8. The van der Waals surface area contributed by atoms with E-state index < -0.39 is 0 Å². The van der Waals surface area contributed by atoms with E-state index in [0.29, 0.717) is 12.0 Å². The number of pyridine rings is 1. The van der Waals surface area contributed by atoms with Gasteiger partial charge in [0.2, 0.25) is 5.91 Å². The number of carbonyl (C=O) groups excluding carboxylic acids is 1. The van der Waals surface area contributed by atoms with Gasteiger partial charge in [-0.25, -0.2) is 4.98 Å². The highest BCUT2D eigenvalue weighted by Crippen LogP contribution is 2.30.